The summed E-state index contributed by atoms with van der Waals surface area (Å²) in [6.45, 7) is 5.53. The maximum absolute atomic E-state index is 4.63. The number of aromatic nitrogens is 5. The van der Waals surface area contributed by atoms with E-state index < -0.39 is 0 Å². The molecule has 0 fully saturated rings. The van der Waals surface area contributed by atoms with Crippen molar-refractivity contribution < 1.29 is 0 Å². The molecule has 32 heavy (non-hydrogen) atoms. The fourth-order valence-corrected chi connectivity index (χ4v) is 3.65. The minimum absolute atomic E-state index is 0. The summed E-state index contributed by atoms with van der Waals surface area (Å²) >= 11 is 0. The lowest BCUT2D eigenvalue weighted by molar-refractivity contribution is 0.712. The van der Waals surface area contributed by atoms with E-state index in [9.17, 15) is 0 Å². The molecule has 0 aliphatic heterocycles. The van der Waals surface area contributed by atoms with E-state index >= 15 is 0 Å². The summed E-state index contributed by atoms with van der Waals surface area (Å²) in [5, 5.41) is 19.9. The second-order valence-electron chi connectivity index (χ2n) is 7.47. The number of rotatable bonds is 7. The number of nitrogens with zero attached hydrogens (tertiary/aromatic N) is 6. The molecule has 0 spiro atoms. The predicted molar refractivity (Wildman–Crippen MR) is 138 cm³/mol. The lowest BCUT2D eigenvalue weighted by Crippen LogP contribution is -2.37. The van der Waals surface area contributed by atoms with Gasteiger partial charge in [0, 0.05) is 38.4 Å². The van der Waals surface area contributed by atoms with Crippen molar-refractivity contribution in [1.82, 2.24) is 35.0 Å². The van der Waals surface area contributed by atoms with E-state index in [-0.39, 0.29) is 24.0 Å². The Bertz CT molecular complexity index is 1190. The number of hydrogen-bond acceptors (Lipinski definition) is 4. The average molecular weight is 544 g/mol. The molecule has 4 aromatic rings. The minimum atomic E-state index is 0. The van der Waals surface area contributed by atoms with Crippen molar-refractivity contribution in [3.05, 3.63) is 77.5 Å². The third kappa shape index (κ3) is 5.45. The quantitative estimate of drug-likeness (QED) is 0.161. The van der Waals surface area contributed by atoms with E-state index in [2.05, 4.69) is 56.0 Å². The number of pyridine rings is 1. The van der Waals surface area contributed by atoms with Crippen LogP contribution in [0.3, 0.4) is 0 Å². The molecule has 0 atom stereocenters. The van der Waals surface area contributed by atoms with Crippen molar-refractivity contribution in [2.24, 2.45) is 4.99 Å². The van der Waals surface area contributed by atoms with Gasteiger partial charge in [-0.3, -0.25) is 9.39 Å². The maximum Gasteiger partial charge on any atom is 0.191 e. The van der Waals surface area contributed by atoms with Crippen molar-refractivity contribution in [2.45, 2.75) is 33.2 Å². The molecule has 4 rings (SSSR count). The van der Waals surface area contributed by atoms with Gasteiger partial charge in [-0.25, -0.2) is 4.68 Å². The molecule has 1 aromatic carbocycles. The molecule has 0 aliphatic rings. The zero-order chi connectivity index (χ0) is 21.6. The van der Waals surface area contributed by atoms with Crippen LogP contribution in [-0.2, 0) is 13.0 Å². The first-order valence-electron chi connectivity index (χ1n) is 10.5. The minimum Gasteiger partial charge on any atom is -0.356 e. The molecule has 0 radical (unpaired) electrons. The molecular formula is C23H29IN8. The maximum atomic E-state index is 4.63. The predicted octanol–water partition coefficient (Wildman–Crippen LogP) is 3.45. The summed E-state index contributed by atoms with van der Waals surface area (Å²) in [5.41, 5.74) is 5.25. The molecule has 0 unspecified atom stereocenters. The van der Waals surface area contributed by atoms with Crippen LogP contribution in [0.5, 0.6) is 0 Å². The lowest BCUT2D eigenvalue weighted by atomic mass is 10.1. The first-order valence-corrected chi connectivity index (χ1v) is 10.5. The van der Waals surface area contributed by atoms with Crippen molar-refractivity contribution in [3.63, 3.8) is 0 Å². The van der Waals surface area contributed by atoms with Gasteiger partial charge in [0.1, 0.15) is 5.82 Å². The number of fused-ring (bicyclic) bond motifs is 1. The normalized spacial score (nSPS) is 11.4. The summed E-state index contributed by atoms with van der Waals surface area (Å²) in [6.07, 6.45) is 3.77. The highest BCUT2D eigenvalue weighted by Crippen LogP contribution is 2.16. The molecule has 168 valence electrons. The van der Waals surface area contributed by atoms with Gasteiger partial charge >= 0.3 is 0 Å². The van der Waals surface area contributed by atoms with E-state index in [4.69, 9.17) is 0 Å². The van der Waals surface area contributed by atoms with Gasteiger partial charge in [0.25, 0.3) is 0 Å². The number of aryl methyl sites for hydroxylation is 3. The highest BCUT2D eigenvalue weighted by molar-refractivity contribution is 14.0. The fraction of sp³-hybridized carbons (Fsp3) is 0.304. The first-order chi connectivity index (χ1) is 15.2. The molecule has 0 saturated carbocycles. The van der Waals surface area contributed by atoms with Crippen LogP contribution in [-0.4, -0.2) is 43.9 Å². The smallest absolute Gasteiger partial charge is 0.191 e. The SMILES string of the molecule is CN=C(NCCCc1nnc2ccccn12)NCc1ccccc1-n1nc(C)cc1C.I. The van der Waals surface area contributed by atoms with Gasteiger partial charge in [0.2, 0.25) is 0 Å². The molecule has 3 aromatic heterocycles. The van der Waals surface area contributed by atoms with E-state index in [0.29, 0.717) is 6.54 Å². The molecule has 8 nitrogen and oxygen atoms in total. The Hall–Kier alpha value is -2.95. The molecule has 0 aliphatic carbocycles. The number of guanidine groups is 1. The van der Waals surface area contributed by atoms with E-state index in [1.807, 2.05) is 52.5 Å². The summed E-state index contributed by atoms with van der Waals surface area (Å²) in [5.74, 6) is 1.74. The Morgan fingerprint density at radius 3 is 2.62 bits per heavy atom. The standard InChI is InChI=1S/C23H28N8.HI/c1-17-15-18(2)31(29-17)20-10-5-4-9-19(20)16-26-23(24-3)25-13-8-12-22-28-27-21-11-6-7-14-30(21)22;/h4-7,9-11,14-15H,8,12-13,16H2,1-3H3,(H2,24,25,26);1H. The molecule has 0 bridgehead atoms. The first kappa shape index (κ1) is 23.7. The number of para-hydroxylation sites is 1. The molecule has 0 amide bonds. The topological polar surface area (TPSA) is 84.4 Å². The lowest BCUT2D eigenvalue weighted by Gasteiger charge is -2.15. The van der Waals surface area contributed by atoms with Gasteiger partial charge in [-0.15, -0.1) is 34.2 Å². The van der Waals surface area contributed by atoms with Crippen LogP contribution in [0.15, 0.2) is 59.7 Å². The molecule has 0 saturated heterocycles. The number of nitrogens with one attached hydrogen (secondary N) is 2. The number of benzene rings is 1. The monoisotopic (exact) mass is 544 g/mol. The Morgan fingerprint density at radius 1 is 1.03 bits per heavy atom. The van der Waals surface area contributed by atoms with Crippen molar-refractivity contribution >= 4 is 35.6 Å². The van der Waals surface area contributed by atoms with Crippen molar-refractivity contribution in [2.75, 3.05) is 13.6 Å². The average Bonchev–Trinajstić information content (AvgIpc) is 3.35. The number of hydrogen-bond donors (Lipinski definition) is 2. The summed E-state index contributed by atoms with van der Waals surface area (Å²) in [6, 6.07) is 16.3. The Balaban J connectivity index is 0.00000289. The van der Waals surface area contributed by atoms with Crippen LogP contribution in [0.1, 0.15) is 29.2 Å². The summed E-state index contributed by atoms with van der Waals surface area (Å²) < 4.78 is 4.02. The van der Waals surface area contributed by atoms with Crippen molar-refractivity contribution in [3.8, 4) is 5.69 Å². The van der Waals surface area contributed by atoms with Crippen LogP contribution in [0.25, 0.3) is 11.3 Å². The van der Waals surface area contributed by atoms with Crippen LogP contribution in [0.4, 0.5) is 0 Å². The van der Waals surface area contributed by atoms with Crippen molar-refractivity contribution in [1.29, 1.82) is 0 Å². The number of aliphatic imine (C=N–C) groups is 1. The highest BCUT2D eigenvalue weighted by atomic mass is 127. The Kier molecular flexibility index (Phi) is 8.20. The third-order valence-corrected chi connectivity index (χ3v) is 5.15. The third-order valence-electron chi connectivity index (χ3n) is 5.15. The molecule has 9 heteroatoms. The van der Waals surface area contributed by atoms with E-state index in [1.165, 1.54) is 0 Å². The van der Waals surface area contributed by atoms with E-state index in [0.717, 1.165) is 59.5 Å². The van der Waals surface area contributed by atoms with Crippen LogP contribution < -0.4 is 10.6 Å². The molecule has 3 heterocycles. The number of halogens is 1. The second-order valence-corrected chi connectivity index (χ2v) is 7.47. The molecule has 2 N–H and O–H groups in total. The molecular weight excluding hydrogens is 515 g/mol. The summed E-state index contributed by atoms with van der Waals surface area (Å²) in [7, 11) is 1.79. The zero-order valence-corrected chi connectivity index (χ0v) is 20.9. The van der Waals surface area contributed by atoms with Gasteiger partial charge in [-0.2, -0.15) is 5.10 Å². The van der Waals surface area contributed by atoms with Gasteiger partial charge in [-0.05, 0) is 50.1 Å². The fourth-order valence-electron chi connectivity index (χ4n) is 3.65. The summed E-state index contributed by atoms with van der Waals surface area (Å²) in [4.78, 5) is 4.35. The van der Waals surface area contributed by atoms with Crippen LogP contribution in [0.2, 0.25) is 0 Å². The second kappa shape index (κ2) is 11.1. The van der Waals surface area contributed by atoms with Gasteiger partial charge in [0.05, 0.1) is 11.4 Å². The van der Waals surface area contributed by atoms with Gasteiger partial charge < -0.3 is 10.6 Å². The van der Waals surface area contributed by atoms with E-state index in [1.54, 1.807) is 7.05 Å². The zero-order valence-electron chi connectivity index (χ0n) is 18.6. The van der Waals surface area contributed by atoms with Gasteiger partial charge in [0.15, 0.2) is 11.6 Å². The largest absolute Gasteiger partial charge is 0.356 e. The van der Waals surface area contributed by atoms with Crippen LogP contribution in [0, 0.1) is 13.8 Å². The Labute approximate surface area is 205 Å². The Morgan fingerprint density at radius 2 is 1.84 bits per heavy atom. The van der Waals surface area contributed by atoms with Gasteiger partial charge in [-0.1, -0.05) is 24.3 Å². The highest BCUT2D eigenvalue weighted by Gasteiger charge is 2.09. The van der Waals surface area contributed by atoms with Crippen LogP contribution >= 0.6 is 24.0 Å².